The highest BCUT2D eigenvalue weighted by atomic mass is 127. The van der Waals surface area contributed by atoms with Crippen molar-refractivity contribution in [1.82, 2.24) is 15.2 Å². The number of anilines is 1. The number of nitrogens with one attached hydrogen (secondary N) is 1. The van der Waals surface area contributed by atoms with Crippen LogP contribution in [0.1, 0.15) is 5.56 Å². The molecule has 6 nitrogen and oxygen atoms in total. The zero-order valence-electron chi connectivity index (χ0n) is 15.8. The number of aromatic nitrogens is 1. The van der Waals surface area contributed by atoms with Gasteiger partial charge in [-0.2, -0.15) is 0 Å². The molecule has 0 saturated carbocycles. The molecule has 1 heterocycles. The minimum Gasteiger partial charge on any atom is -0.492 e. The zero-order chi connectivity index (χ0) is 18.1. The van der Waals surface area contributed by atoms with Crippen LogP contribution in [0.25, 0.3) is 0 Å². The first kappa shape index (κ1) is 22.0. The van der Waals surface area contributed by atoms with Crippen molar-refractivity contribution in [3.63, 3.8) is 0 Å². The Bertz CT molecular complexity index is 679. The van der Waals surface area contributed by atoms with Gasteiger partial charge in [0.1, 0.15) is 18.2 Å². The summed E-state index contributed by atoms with van der Waals surface area (Å²) in [5, 5.41) is 3.37. The molecule has 0 bridgehead atoms. The Kier molecular flexibility index (Phi) is 9.79. The SMILES string of the molecule is CN=C(NCc1ccnc(N(C)C)c1)N(C)CCOc1ccccc1.I. The largest absolute Gasteiger partial charge is 0.492 e. The van der Waals surface area contributed by atoms with Gasteiger partial charge in [-0.15, -0.1) is 24.0 Å². The van der Waals surface area contributed by atoms with E-state index in [1.54, 1.807) is 7.05 Å². The first-order valence-corrected chi connectivity index (χ1v) is 8.32. The molecule has 2 aromatic rings. The molecule has 7 heteroatoms. The summed E-state index contributed by atoms with van der Waals surface area (Å²) in [4.78, 5) is 12.7. The number of hydrogen-bond donors (Lipinski definition) is 1. The Labute approximate surface area is 173 Å². The zero-order valence-corrected chi connectivity index (χ0v) is 18.2. The number of hydrogen-bond acceptors (Lipinski definition) is 4. The molecule has 0 saturated heterocycles. The lowest BCUT2D eigenvalue weighted by Crippen LogP contribution is -2.40. The van der Waals surface area contributed by atoms with Crippen molar-refractivity contribution in [2.75, 3.05) is 46.2 Å². The predicted octanol–water partition coefficient (Wildman–Crippen LogP) is 2.85. The first-order chi connectivity index (χ1) is 12.1. The monoisotopic (exact) mass is 469 g/mol. The quantitative estimate of drug-likeness (QED) is 0.384. The molecule has 0 spiro atoms. The second kappa shape index (κ2) is 11.6. The van der Waals surface area contributed by atoms with Gasteiger partial charge in [0.15, 0.2) is 5.96 Å². The van der Waals surface area contributed by atoms with E-state index in [2.05, 4.69) is 26.3 Å². The van der Waals surface area contributed by atoms with Crippen LogP contribution in [0.2, 0.25) is 0 Å². The summed E-state index contributed by atoms with van der Waals surface area (Å²) >= 11 is 0. The topological polar surface area (TPSA) is 53.0 Å². The fourth-order valence-electron chi connectivity index (χ4n) is 2.30. The fourth-order valence-corrected chi connectivity index (χ4v) is 2.30. The molecule has 0 amide bonds. The van der Waals surface area contributed by atoms with E-state index in [1.807, 2.05) is 68.6 Å². The Hall–Kier alpha value is -2.03. The third-order valence-electron chi connectivity index (χ3n) is 3.73. The van der Waals surface area contributed by atoms with Gasteiger partial charge in [0.25, 0.3) is 0 Å². The Balaban J connectivity index is 0.00000338. The van der Waals surface area contributed by atoms with Crippen molar-refractivity contribution >= 4 is 35.8 Å². The molecule has 2 rings (SSSR count). The van der Waals surface area contributed by atoms with Crippen molar-refractivity contribution < 1.29 is 4.74 Å². The average molecular weight is 469 g/mol. The summed E-state index contributed by atoms with van der Waals surface area (Å²) in [6.07, 6.45) is 1.83. The minimum atomic E-state index is 0. The van der Waals surface area contributed by atoms with Crippen LogP contribution in [0.3, 0.4) is 0 Å². The van der Waals surface area contributed by atoms with Crippen molar-refractivity contribution in [2.24, 2.45) is 4.99 Å². The maximum absolute atomic E-state index is 5.74. The van der Waals surface area contributed by atoms with E-state index in [1.165, 1.54) is 0 Å². The van der Waals surface area contributed by atoms with E-state index >= 15 is 0 Å². The molecule has 1 aromatic heterocycles. The molecule has 0 aliphatic carbocycles. The summed E-state index contributed by atoms with van der Waals surface area (Å²) in [7, 11) is 7.76. The number of benzene rings is 1. The number of rotatable bonds is 7. The van der Waals surface area contributed by atoms with Gasteiger partial charge in [0.05, 0.1) is 6.54 Å². The van der Waals surface area contributed by atoms with Gasteiger partial charge < -0.3 is 19.9 Å². The maximum atomic E-state index is 5.74. The molecule has 26 heavy (non-hydrogen) atoms. The van der Waals surface area contributed by atoms with Crippen molar-refractivity contribution in [3.8, 4) is 5.75 Å². The summed E-state index contributed by atoms with van der Waals surface area (Å²) in [6.45, 7) is 2.04. The van der Waals surface area contributed by atoms with Crippen molar-refractivity contribution in [1.29, 1.82) is 0 Å². The lowest BCUT2D eigenvalue weighted by atomic mass is 10.2. The van der Waals surface area contributed by atoms with E-state index in [-0.39, 0.29) is 24.0 Å². The number of aliphatic imine (C=N–C) groups is 1. The van der Waals surface area contributed by atoms with Gasteiger partial charge in [-0.25, -0.2) is 4.98 Å². The van der Waals surface area contributed by atoms with E-state index < -0.39 is 0 Å². The van der Waals surface area contributed by atoms with Crippen LogP contribution in [0, 0.1) is 0 Å². The standard InChI is InChI=1S/C19H27N5O.HI/c1-20-19(22-15-16-10-11-21-18(14-16)23(2)3)24(4)12-13-25-17-8-6-5-7-9-17;/h5-11,14H,12-13,15H2,1-4H3,(H,20,22);1H. The number of pyridine rings is 1. The van der Waals surface area contributed by atoms with Crippen molar-refractivity contribution in [2.45, 2.75) is 6.54 Å². The van der Waals surface area contributed by atoms with Crippen LogP contribution in [-0.4, -0.2) is 57.2 Å². The Morgan fingerprint density at radius 1 is 1.15 bits per heavy atom. The number of guanidine groups is 1. The summed E-state index contributed by atoms with van der Waals surface area (Å²) in [6, 6.07) is 13.9. The van der Waals surface area contributed by atoms with E-state index in [4.69, 9.17) is 4.74 Å². The molecule has 1 N–H and O–H groups in total. The number of likely N-dealkylation sites (N-methyl/N-ethyl adjacent to an activating group) is 1. The molecule has 0 fully saturated rings. The Morgan fingerprint density at radius 2 is 1.88 bits per heavy atom. The average Bonchev–Trinajstić information content (AvgIpc) is 2.63. The van der Waals surface area contributed by atoms with Gasteiger partial charge in [-0.3, -0.25) is 4.99 Å². The highest BCUT2D eigenvalue weighted by Crippen LogP contribution is 2.10. The van der Waals surface area contributed by atoms with Gasteiger partial charge in [-0.05, 0) is 29.8 Å². The summed E-state index contributed by atoms with van der Waals surface area (Å²) < 4.78 is 5.74. The van der Waals surface area contributed by atoms with E-state index in [0.717, 1.165) is 29.6 Å². The normalized spacial score (nSPS) is 10.7. The molecule has 142 valence electrons. The molecule has 0 aliphatic heterocycles. The summed E-state index contributed by atoms with van der Waals surface area (Å²) in [5.74, 6) is 2.66. The van der Waals surface area contributed by atoms with E-state index in [9.17, 15) is 0 Å². The van der Waals surface area contributed by atoms with Crippen LogP contribution in [0.5, 0.6) is 5.75 Å². The van der Waals surface area contributed by atoms with Crippen LogP contribution in [0.15, 0.2) is 53.7 Å². The third kappa shape index (κ3) is 7.07. The summed E-state index contributed by atoms with van der Waals surface area (Å²) in [5.41, 5.74) is 1.16. The highest BCUT2D eigenvalue weighted by Gasteiger charge is 2.07. The molecule has 0 atom stereocenters. The smallest absolute Gasteiger partial charge is 0.193 e. The lowest BCUT2D eigenvalue weighted by Gasteiger charge is -2.22. The second-order valence-electron chi connectivity index (χ2n) is 5.90. The highest BCUT2D eigenvalue weighted by molar-refractivity contribution is 14.0. The molecule has 1 aromatic carbocycles. The third-order valence-corrected chi connectivity index (χ3v) is 3.73. The molecule has 0 unspecified atom stereocenters. The second-order valence-corrected chi connectivity index (χ2v) is 5.90. The Morgan fingerprint density at radius 3 is 2.54 bits per heavy atom. The van der Waals surface area contributed by atoms with Crippen LogP contribution in [-0.2, 0) is 6.54 Å². The van der Waals surface area contributed by atoms with Gasteiger partial charge in [0, 0.05) is 40.9 Å². The molecule has 0 aliphatic rings. The molecular weight excluding hydrogens is 441 g/mol. The number of halogens is 1. The predicted molar refractivity (Wildman–Crippen MR) is 119 cm³/mol. The number of ether oxygens (including phenoxy) is 1. The fraction of sp³-hybridized carbons (Fsp3) is 0.368. The molecular formula is C19H28IN5O. The van der Waals surface area contributed by atoms with Crippen LogP contribution < -0.4 is 15.0 Å². The molecule has 0 radical (unpaired) electrons. The first-order valence-electron chi connectivity index (χ1n) is 8.32. The van der Waals surface area contributed by atoms with Crippen LogP contribution >= 0.6 is 24.0 Å². The minimum absolute atomic E-state index is 0. The number of para-hydroxylation sites is 1. The van der Waals surface area contributed by atoms with Crippen LogP contribution in [0.4, 0.5) is 5.82 Å². The van der Waals surface area contributed by atoms with Gasteiger partial charge in [-0.1, -0.05) is 18.2 Å². The number of nitrogens with zero attached hydrogens (tertiary/aromatic N) is 4. The lowest BCUT2D eigenvalue weighted by molar-refractivity contribution is 0.281. The van der Waals surface area contributed by atoms with Gasteiger partial charge in [0.2, 0.25) is 0 Å². The maximum Gasteiger partial charge on any atom is 0.193 e. The van der Waals surface area contributed by atoms with Crippen molar-refractivity contribution in [3.05, 3.63) is 54.2 Å². The van der Waals surface area contributed by atoms with Gasteiger partial charge >= 0.3 is 0 Å². The van der Waals surface area contributed by atoms with E-state index in [0.29, 0.717) is 13.2 Å².